The van der Waals surface area contributed by atoms with Gasteiger partial charge in [0, 0.05) is 36.0 Å². The third-order valence-corrected chi connectivity index (χ3v) is 8.38. The molecule has 2 aromatic heterocycles. The summed E-state index contributed by atoms with van der Waals surface area (Å²) in [6.07, 6.45) is 9.78. The standard InChI is InChI=1S/C30H38N4O2/c1-20(31-2)29(35)19-24(21-9-4-3-5-10-21)30(36)34-16-8-13-28(34)23-14-15-32-26(18-23)27-17-22-11-6-7-12-25(22)33-27/h6-7,11-12,14-15,17-18,20-21,24,28,31,33H,3-5,8-10,13,16,19H2,1-2H3. The lowest BCUT2D eigenvalue weighted by molar-refractivity contribution is -0.141. The van der Waals surface area contributed by atoms with Gasteiger partial charge in [0.15, 0.2) is 0 Å². The van der Waals surface area contributed by atoms with Crippen LogP contribution in [-0.4, -0.2) is 46.2 Å². The van der Waals surface area contributed by atoms with Gasteiger partial charge in [-0.2, -0.15) is 0 Å². The van der Waals surface area contributed by atoms with Crippen molar-refractivity contribution in [1.82, 2.24) is 20.2 Å². The average molecular weight is 487 g/mol. The summed E-state index contributed by atoms with van der Waals surface area (Å²) in [5.74, 6) is 0.399. The number of carbonyl (C=O) groups excluding carboxylic acids is 2. The molecule has 0 spiro atoms. The summed E-state index contributed by atoms with van der Waals surface area (Å²) in [5, 5.41) is 4.22. The molecule has 1 aliphatic carbocycles. The van der Waals surface area contributed by atoms with Crippen LogP contribution >= 0.6 is 0 Å². The van der Waals surface area contributed by atoms with Gasteiger partial charge in [-0.15, -0.1) is 0 Å². The van der Waals surface area contributed by atoms with Gasteiger partial charge in [-0.3, -0.25) is 14.6 Å². The predicted octanol–water partition coefficient (Wildman–Crippen LogP) is 5.66. The molecule has 5 rings (SSSR count). The molecular weight excluding hydrogens is 448 g/mol. The summed E-state index contributed by atoms with van der Waals surface area (Å²) in [5.41, 5.74) is 4.10. The Kier molecular flexibility index (Phi) is 7.51. The molecule has 1 saturated carbocycles. The first kappa shape index (κ1) is 24.7. The Hall–Kier alpha value is -2.99. The van der Waals surface area contributed by atoms with E-state index in [1.807, 2.05) is 38.4 Å². The second-order valence-electron chi connectivity index (χ2n) is 10.6. The number of benzene rings is 1. The molecule has 190 valence electrons. The van der Waals surface area contributed by atoms with Gasteiger partial charge in [0.25, 0.3) is 0 Å². The zero-order valence-corrected chi connectivity index (χ0v) is 21.5. The molecule has 0 bridgehead atoms. The normalized spacial score (nSPS) is 20.5. The van der Waals surface area contributed by atoms with E-state index < -0.39 is 0 Å². The number of H-pyrrole nitrogens is 1. The molecule has 3 heterocycles. The summed E-state index contributed by atoms with van der Waals surface area (Å²) >= 11 is 0. The molecule has 36 heavy (non-hydrogen) atoms. The van der Waals surface area contributed by atoms with Crippen LogP contribution in [0, 0.1) is 11.8 Å². The number of hydrogen-bond acceptors (Lipinski definition) is 4. The van der Waals surface area contributed by atoms with Crippen molar-refractivity contribution in [1.29, 1.82) is 0 Å². The Balaban J connectivity index is 1.40. The number of nitrogens with zero attached hydrogens (tertiary/aromatic N) is 2. The van der Waals surface area contributed by atoms with Crippen LogP contribution in [0.15, 0.2) is 48.7 Å². The van der Waals surface area contributed by atoms with Crippen LogP contribution in [0.25, 0.3) is 22.3 Å². The van der Waals surface area contributed by atoms with Crippen molar-refractivity contribution < 1.29 is 9.59 Å². The SMILES string of the molecule is CNC(C)C(=O)CC(C(=O)N1CCCC1c1ccnc(-c2cc3ccccc3[nH]2)c1)C1CCCCC1. The van der Waals surface area contributed by atoms with Crippen LogP contribution < -0.4 is 5.32 Å². The molecular formula is C30H38N4O2. The quantitative estimate of drug-likeness (QED) is 0.431. The van der Waals surface area contributed by atoms with E-state index in [0.717, 1.165) is 72.9 Å². The number of pyridine rings is 1. The van der Waals surface area contributed by atoms with E-state index in [0.29, 0.717) is 12.3 Å². The van der Waals surface area contributed by atoms with Gasteiger partial charge in [0.2, 0.25) is 5.91 Å². The first-order valence-corrected chi connectivity index (χ1v) is 13.6. The first-order valence-electron chi connectivity index (χ1n) is 13.6. The summed E-state index contributed by atoms with van der Waals surface area (Å²) in [7, 11) is 1.81. The smallest absolute Gasteiger partial charge is 0.226 e. The van der Waals surface area contributed by atoms with Gasteiger partial charge in [-0.05, 0) is 75.4 Å². The van der Waals surface area contributed by atoms with Gasteiger partial charge in [0.05, 0.1) is 23.5 Å². The Labute approximate surface area is 213 Å². The van der Waals surface area contributed by atoms with E-state index in [2.05, 4.69) is 44.5 Å². The molecule has 3 unspecified atom stereocenters. The third kappa shape index (κ3) is 5.10. The summed E-state index contributed by atoms with van der Waals surface area (Å²) in [6, 6.07) is 14.4. The maximum atomic E-state index is 14.1. The summed E-state index contributed by atoms with van der Waals surface area (Å²) in [6.45, 7) is 2.65. The molecule has 6 heteroatoms. The second-order valence-corrected chi connectivity index (χ2v) is 10.6. The molecule has 3 atom stereocenters. The minimum Gasteiger partial charge on any atom is -0.353 e. The number of para-hydroxylation sites is 1. The fourth-order valence-corrected chi connectivity index (χ4v) is 6.15. The average Bonchev–Trinajstić information content (AvgIpc) is 3.59. The summed E-state index contributed by atoms with van der Waals surface area (Å²) < 4.78 is 0. The van der Waals surface area contributed by atoms with E-state index in [9.17, 15) is 9.59 Å². The van der Waals surface area contributed by atoms with Crippen LogP contribution in [0.5, 0.6) is 0 Å². The topological polar surface area (TPSA) is 78.1 Å². The van der Waals surface area contributed by atoms with Crippen molar-refractivity contribution in [2.24, 2.45) is 11.8 Å². The number of rotatable bonds is 8. The molecule has 1 amide bonds. The first-order chi connectivity index (χ1) is 17.5. The van der Waals surface area contributed by atoms with Crippen LogP contribution in [0.4, 0.5) is 0 Å². The highest BCUT2D eigenvalue weighted by Gasteiger charge is 2.39. The van der Waals surface area contributed by atoms with Gasteiger partial charge < -0.3 is 15.2 Å². The number of aromatic nitrogens is 2. The lowest BCUT2D eigenvalue weighted by Crippen LogP contribution is -2.42. The lowest BCUT2D eigenvalue weighted by Gasteiger charge is -2.35. The highest BCUT2D eigenvalue weighted by Crippen LogP contribution is 2.39. The van der Waals surface area contributed by atoms with E-state index in [1.165, 1.54) is 6.42 Å². The molecule has 1 saturated heterocycles. The number of ketones is 1. The van der Waals surface area contributed by atoms with Gasteiger partial charge in [-0.1, -0.05) is 37.5 Å². The van der Waals surface area contributed by atoms with Crippen molar-refractivity contribution in [3.05, 3.63) is 54.2 Å². The third-order valence-electron chi connectivity index (χ3n) is 8.38. The van der Waals surface area contributed by atoms with Crippen molar-refractivity contribution in [3.8, 4) is 11.4 Å². The molecule has 3 aromatic rings. The Bertz CT molecular complexity index is 1180. The van der Waals surface area contributed by atoms with Crippen LogP contribution in [0.3, 0.4) is 0 Å². The fourth-order valence-electron chi connectivity index (χ4n) is 6.15. The number of Topliss-reactive ketones (excluding diaryl/α,β-unsaturated/α-hetero) is 1. The Morgan fingerprint density at radius 3 is 2.67 bits per heavy atom. The maximum absolute atomic E-state index is 14.1. The Morgan fingerprint density at radius 2 is 1.89 bits per heavy atom. The molecule has 1 aromatic carbocycles. The number of likely N-dealkylation sites (tertiary alicyclic amines) is 1. The van der Waals surface area contributed by atoms with E-state index >= 15 is 0 Å². The number of hydrogen-bond donors (Lipinski definition) is 2. The van der Waals surface area contributed by atoms with Crippen molar-refractivity contribution >= 4 is 22.6 Å². The minimum atomic E-state index is -0.225. The van der Waals surface area contributed by atoms with Crippen LogP contribution in [0.1, 0.15) is 69.9 Å². The molecule has 2 aliphatic rings. The van der Waals surface area contributed by atoms with E-state index in [-0.39, 0.29) is 29.7 Å². The highest BCUT2D eigenvalue weighted by atomic mass is 16.2. The molecule has 0 radical (unpaired) electrons. The Morgan fingerprint density at radius 1 is 1.08 bits per heavy atom. The van der Waals surface area contributed by atoms with Crippen LogP contribution in [0.2, 0.25) is 0 Å². The van der Waals surface area contributed by atoms with Gasteiger partial charge in [-0.25, -0.2) is 0 Å². The molecule has 6 nitrogen and oxygen atoms in total. The zero-order chi connectivity index (χ0) is 25.1. The maximum Gasteiger partial charge on any atom is 0.226 e. The number of carbonyl (C=O) groups is 2. The molecule has 2 N–H and O–H groups in total. The number of nitrogens with one attached hydrogen (secondary N) is 2. The molecule has 2 fully saturated rings. The monoisotopic (exact) mass is 486 g/mol. The number of aromatic amines is 1. The number of fused-ring (bicyclic) bond motifs is 1. The zero-order valence-electron chi connectivity index (χ0n) is 21.5. The van der Waals surface area contributed by atoms with Crippen molar-refractivity contribution in [2.45, 2.75) is 70.4 Å². The lowest BCUT2D eigenvalue weighted by atomic mass is 9.76. The fraction of sp³-hybridized carbons (Fsp3) is 0.500. The van der Waals surface area contributed by atoms with E-state index in [1.54, 1.807) is 0 Å². The van der Waals surface area contributed by atoms with Gasteiger partial charge >= 0.3 is 0 Å². The van der Waals surface area contributed by atoms with Crippen molar-refractivity contribution in [2.75, 3.05) is 13.6 Å². The predicted molar refractivity (Wildman–Crippen MR) is 143 cm³/mol. The largest absolute Gasteiger partial charge is 0.353 e. The van der Waals surface area contributed by atoms with Crippen molar-refractivity contribution in [3.63, 3.8) is 0 Å². The summed E-state index contributed by atoms with van der Waals surface area (Å²) in [4.78, 5) is 37.2. The molecule has 1 aliphatic heterocycles. The van der Waals surface area contributed by atoms with Crippen LogP contribution in [-0.2, 0) is 9.59 Å². The number of likely N-dealkylation sites (N-methyl/N-ethyl adjacent to an activating group) is 1. The second kappa shape index (κ2) is 11.0. The van der Waals surface area contributed by atoms with E-state index in [4.69, 9.17) is 0 Å². The minimum absolute atomic E-state index is 0.0338. The number of amides is 1. The van der Waals surface area contributed by atoms with Gasteiger partial charge in [0.1, 0.15) is 5.78 Å². The highest BCUT2D eigenvalue weighted by molar-refractivity contribution is 5.90.